The minimum atomic E-state index is 0. The highest BCUT2D eigenvalue weighted by Crippen LogP contribution is 2.40. The van der Waals surface area contributed by atoms with Crippen molar-refractivity contribution in [1.29, 1.82) is 0 Å². The van der Waals surface area contributed by atoms with Gasteiger partial charge in [-0.25, -0.2) is 0 Å². The van der Waals surface area contributed by atoms with Crippen molar-refractivity contribution >= 4 is 29.3 Å². The maximum atomic E-state index is 12.8. The summed E-state index contributed by atoms with van der Waals surface area (Å²) < 4.78 is 5.52. The molecule has 1 spiro atoms. The second-order valence-electron chi connectivity index (χ2n) is 6.69. The highest BCUT2D eigenvalue weighted by molar-refractivity contribution is 6.05. The SMILES string of the molecule is Cl.O=C(c1coc2ccccc12)N1CCC2(CCNCC2)CC1. The molecule has 4 rings (SSSR count). The first-order valence-corrected chi connectivity index (χ1v) is 8.24. The fourth-order valence-corrected chi connectivity index (χ4v) is 3.96. The highest BCUT2D eigenvalue weighted by Gasteiger charge is 2.37. The number of hydrogen-bond donors (Lipinski definition) is 1. The topological polar surface area (TPSA) is 45.5 Å². The van der Waals surface area contributed by atoms with Gasteiger partial charge >= 0.3 is 0 Å². The molecule has 2 aliphatic rings. The molecule has 5 heteroatoms. The molecule has 124 valence electrons. The number of amides is 1. The van der Waals surface area contributed by atoms with E-state index in [4.69, 9.17) is 4.42 Å². The molecule has 3 heterocycles. The van der Waals surface area contributed by atoms with E-state index in [1.54, 1.807) is 6.26 Å². The van der Waals surface area contributed by atoms with Crippen LogP contribution in [0, 0.1) is 5.41 Å². The maximum Gasteiger partial charge on any atom is 0.257 e. The van der Waals surface area contributed by atoms with Crippen molar-refractivity contribution in [2.45, 2.75) is 25.7 Å². The summed E-state index contributed by atoms with van der Waals surface area (Å²) in [5, 5.41) is 4.37. The van der Waals surface area contributed by atoms with Gasteiger partial charge in [0.05, 0.1) is 5.56 Å². The van der Waals surface area contributed by atoms with Crippen LogP contribution in [0.1, 0.15) is 36.0 Å². The van der Waals surface area contributed by atoms with E-state index in [1.807, 2.05) is 29.2 Å². The van der Waals surface area contributed by atoms with Crippen molar-refractivity contribution in [2.75, 3.05) is 26.2 Å². The van der Waals surface area contributed by atoms with Crippen molar-refractivity contribution in [1.82, 2.24) is 10.2 Å². The van der Waals surface area contributed by atoms with Gasteiger partial charge in [0.25, 0.3) is 5.91 Å². The number of furan rings is 1. The molecular weight excluding hydrogens is 312 g/mol. The van der Waals surface area contributed by atoms with Crippen LogP contribution in [-0.4, -0.2) is 37.0 Å². The average Bonchev–Trinajstić information content (AvgIpc) is 3.00. The van der Waals surface area contributed by atoms with Crippen LogP contribution in [0.2, 0.25) is 0 Å². The Morgan fingerprint density at radius 2 is 1.78 bits per heavy atom. The summed E-state index contributed by atoms with van der Waals surface area (Å²) in [5.41, 5.74) is 1.97. The van der Waals surface area contributed by atoms with Crippen LogP contribution in [0.15, 0.2) is 34.9 Å². The molecule has 0 aliphatic carbocycles. The number of benzene rings is 1. The molecule has 2 aromatic rings. The first-order chi connectivity index (χ1) is 10.8. The summed E-state index contributed by atoms with van der Waals surface area (Å²) in [6.45, 7) is 4.00. The molecule has 1 N–H and O–H groups in total. The van der Waals surface area contributed by atoms with Crippen LogP contribution in [-0.2, 0) is 0 Å². The van der Waals surface area contributed by atoms with Crippen molar-refractivity contribution in [3.8, 4) is 0 Å². The largest absolute Gasteiger partial charge is 0.463 e. The predicted octanol–water partition coefficient (Wildman–Crippen LogP) is 3.46. The van der Waals surface area contributed by atoms with Crippen LogP contribution in [0.5, 0.6) is 0 Å². The van der Waals surface area contributed by atoms with Gasteiger partial charge in [-0.1, -0.05) is 18.2 Å². The lowest BCUT2D eigenvalue weighted by atomic mass is 9.71. The number of likely N-dealkylation sites (tertiary alicyclic amines) is 1. The summed E-state index contributed by atoms with van der Waals surface area (Å²) in [6.07, 6.45) is 6.39. The molecule has 2 aliphatic heterocycles. The highest BCUT2D eigenvalue weighted by atomic mass is 35.5. The molecular formula is C18H23ClN2O2. The van der Waals surface area contributed by atoms with Gasteiger partial charge < -0.3 is 14.6 Å². The van der Waals surface area contributed by atoms with Crippen LogP contribution in [0.4, 0.5) is 0 Å². The number of piperidine rings is 2. The van der Waals surface area contributed by atoms with Gasteiger partial charge in [-0.3, -0.25) is 4.79 Å². The number of carbonyl (C=O) groups excluding carboxylic acids is 1. The molecule has 0 bridgehead atoms. The fraction of sp³-hybridized carbons (Fsp3) is 0.500. The summed E-state index contributed by atoms with van der Waals surface area (Å²) >= 11 is 0. The van der Waals surface area contributed by atoms with E-state index >= 15 is 0 Å². The van der Waals surface area contributed by atoms with Crippen molar-refractivity contribution in [2.24, 2.45) is 5.41 Å². The second-order valence-corrected chi connectivity index (χ2v) is 6.69. The average molecular weight is 335 g/mol. The number of carbonyl (C=O) groups is 1. The Kier molecular flexibility index (Phi) is 4.64. The summed E-state index contributed by atoms with van der Waals surface area (Å²) in [4.78, 5) is 14.8. The Hall–Kier alpha value is -1.52. The number of nitrogens with zero attached hydrogens (tertiary/aromatic N) is 1. The lowest BCUT2D eigenvalue weighted by Crippen LogP contribution is -2.47. The second kappa shape index (κ2) is 6.54. The Labute approximate surface area is 142 Å². The predicted molar refractivity (Wildman–Crippen MR) is 93.1 cm³/mol. The Bertz CT molecular complexity index is 681. The van der Waals surface area contributed by atoms with Gasteiger partial charge in [-0.05, 0) is 50.3 Å². The Morgan fingerprint density at radius 1 is 1.09 bits per heavy atom. The van der Waals surface area contributed by atoms with Crippen LogP contribution >= 0.6 is 12.4 Å². The number of fused-ring (bicyclic) bond motifs is 1. The van der Waals surface area contributed by atoms with E-state index < -0.39 is 0 Å². The normalized spacial score (nSPS) is 20.4. The number of para-hydroxylation sites is 1. The zero-order chi connectivity index (χ0) is 15.0. The third kappa shape index (κ3) is 2.98. The molecule has 1 aromatic heterocycles. The van der Waals surface area contributed by atoms with Gasteiger partial charge in [0.1, 0.15) is 11.8 Å². The van der Waals surface area contributed by atoms with Gasteiger partial charge in [-0.2, -0.15) is 0 Å². The zero-order valence-electron chi connectivity index (χ0n) is 13.2. The summed E-state index contributed by atoms with van der Waals surface area (Å²) in [6, 6.07) is 7.76. The monoisotopic (exact) mass is 334 g/mol. The molecule has 0 unspecified atom stereocenters. The lowest BCUT2D eigenvalue weighted by molar-refractivity contribution is 0.0496. The quantitative estimate of drug-likeness (QED) is 0.868. The minimum Gasteiger partial charge on any atom is -0.463 e. The number of halogens is 1. The van der Waals surface area contributed by atoms with Crippen molar-refractivity contribution < 1.29 is 9.21 Å². The minimum absolute atomic E-state index is 0. The van der Waals surface area contributed by atoms with Crippen LogP contribution < -0.4 is 5.32 Å². The molecule has 0 atom stereocenters. The lowest BCUT2D eigenvalue weighted by Gasteiger charge is -2.44. The summed E-state index contributed by atoms with van der Waals surface area (Å²) in [5.74, 6) is 0.119. The third-order valence-electron chi connectivity index (χ3n) is 5.49. The molecule has 23 heavy (non-hydrogen) atoms. The molecule has 2 fully saturated rings. The number of nitrogens with one attached hydrogen (secondary N) is 1. The van der Waals surface area contributed by atoms with Crippen LogP contribution in [0.25, 0.3) is 11.0 Å². The number of rotatable bonds is 1. The molecule has 0 radical (unpaired) electrons. The maximum absolute atomic E-state index is 12.8. The standard InChI is InChI=1S/C18H22N2O2.ClH/c21-17(15-13-22-16-4-2-1-3-14(15)16)20-11-7-18(8-12-20)5-9-19-10-6-18;/h1-4,13,19H,5-12H2;1H. The molecule has 4 nitrogen and oxygen atoms in total. The van der Waals surface area contributed by atoms with E-state index in [2.05, 4.69) is 5.32 Å². The van der Waals surface area contributed by atoms with Gasteiger partial charge in [-0.15, -0.1) is 12.4 Å². The first kappa shape index (κ1) is 16.3. The summed E-state index contributed by atoms with van der Waals surface area (Å²) in [7, 11) is 0. The fourth-order valence-electron chi connectivity index (χ4n) is 3.96. The molecule has 0 saturated carbocycles. The van der Waals surface area contributed by atoms with Crippen molar-refractivity contribution in [3.05, 3.63) is 36.1 Å². The van der Waals surface area contributed by atoms with E-state index in [-0.39, 0.29) is 18.3 Å². The van der Waals surface area contributed by atoms with E-state index in [1.165, 1.54) is 12.8 Å². The van der Waals surface area contributed by atoms with E-state index in [9.17, 15) is 4.79 Å². The van der Waals surface area contributed by atoms with Gasteiger partial charge in [0.2, 0.25) is 0 Å². The smallest absolute Gasteiger partial charge is 0.257 e. The molecule has 2 saturated heterocycles. The van der Waals surface area contributed by atoms with Gasteiger partial charge in [0.15, 0.2) is 0 Å². The molecule has 1 aromatic carbocycles. The first-order valence-electron chi connectivity index (χ1n) is 8.24. The Balaban J connectivity index is 0.00000156. The zero-order valence-corrected chi connectivity index (χ0v) is 14.0. The van der Waals surface area contributed by atoms with Crippen LogP contribution in [0.3, 0.4) is 0 Å². The van der Waals surface area contributed by atoms with Gasteiger partial charge in [0, 0.05) is 18.5 Å². The van der Waals surface area contributed by atoms with E-state index in [0.29, 0.717) is 11.0 Å². The number of hydrogen-bond acceptors (Lipinski definition) is 3. The van der Waals surface area contributed by atoms with Crippen molar-refractivity contribution in [3.63, 3.8) is 0 Å². The molecule has 1 amide bonds. The van der Waals surface area contributed by atoms with E-state index in [0.717, 1.165) is 50.0 Å². The Morgan fingerprint density at radius 3 is 2.52 bits per heavy atom. The third-order valence-corrected chi connectivity index (χ3v) is 5.49.